The van der Waals surface area contributed by atoms with Gasteiger partial charge in [-0.1, -0.05) is 83.9 Å². The van der Waals surface area contributed by atoms with Crippen LogP contribution in [0.1, 0.15) is 102 Å². The molecule has 0 radical (unpaired) electrons. The first-order chi connectivity index (χ1) is 57.9. The van der Waals surface area contributed by atoms with Crippen molar-refractivity contribution < 1.29 is 115 Å². The van der Waals surface area contributed by atoms with Crippen LogP contribution in [-0.4, -0.2) is 120 Å². The predicted molar refractivity (Wildman–Crippen MR) is 471 cm³/mol. The number of anilines is 4. The van der Waals surface area contributed by atoms with Gasteiger partial charge in [0.1, 0.15) is 28.5 Å². The molecule has 634 valence electrons. The van der Waals surface area contributed by atoms with E-state index in [1.807, 2.05) is 70.7 Å². The Kier molecular flexibility index (Phi) is 38.4. The summed E-state index contributed by atoms with van der Waals surface area (Å²) in [6.07, 6.45) is 6.35. The van der Waals surface area contributed by atoms with E-state index in [1.165, 1.54) is 63.9 Å². The van der Waals surface area contributed by atoms with Gasteiger partial charge >= 0.3 is 55.8 Å². The van der Waals surface area contributed by atoms with E-state index in [4.69, 9.17) is 98.3 Å². The number of hydrogen-bond donors (Lipinski definition) is 11. The van der Waals surface area contributed by atoms with E-state index in [1.54, 1.807) is 121 Å². The van der Waals surface area contributed by atoms with Crippen LogP contribution in [0.5, 0.6) is 0 Å². The molecule has 0 spiro atoms. The Morgan fingerprint density at radius 3 is 1.14 bits per heavy atom. The number of benzene rings is 3. The summed E-state index contributed by atoms with van der Waals surface area (Å²) in [6, 6.07) is 35.4. The van der Waals surface area contributed by atoms with Crippen molar-refractivity contribution in [3.8, 4) is 22.5 Å². The monoisotopic (exact) mass is 1800 g/mol. The molecule has 0 fully saturated rings. The zero-order valence-corrected chi connectivity index (χ0v) is 71.5. The fourth-order valence-corrected chi connectivity index (χ4v) is 14.9. The molecular formula is C83H78BCl3LiN11O20S4. The molecule has 0 saturated heterocycles. The quantitative estimate of drug-likeness (QED) is 0.0116. The third kappa shape index (κ3) is 27.3. The average molecular weight is 1800 g/mol. The number of nitrogens with zero attached hydrogens (tertiary/aromatic N) is 4. The third-order valence-electron chi connectivity index (χ3n) is 16.9. The summed E-state index contributed by atoms with van der Waals surface area (Å²) in [5, 5.41) is 60.9. The maximum atomic E-state index is 13.0. The van der Waals surface area contributed by atoms with Crippen LogP contribution in [-0.2, 0) is 78.7 Å². The van der Waals surface area contributed by atoms with Crippen LogP contribution in [0.15, 0.2) is 207 Å². The van der Waals surface area contributed by atoms with E-state index in [0.29, 0.717) is 129 Å². The van der Waals surface area contributed by atoms with Gasteiger partial charge in [0.05, 0.1) is 87.6 Å². The second-order valence-corrected chi connectivity index (χ2v) is 29.0. The number of nitrogen functional groups attached to an aromatic ring is 1. The number of halogens is 3. The summed E-state index contributed by atoms with van der Waals surface area (Å²) in [6.45, 7) is 7.54. The zero-order chi connectivity index (χ0) is 85.9. The summed E-state index contributed by atoms with van der Waals surface area (Å²) in [7, 11) is -1.40. The minimum Gasteiger partial charge on any atom is -0.870 e. The number of pyridine rings is 4. The van der Waals surface area contributed by atoms with Crippen molar-refractivity contribution in [3.05, 3.63) is 261 Å². The molecule has 0 atom stereocenters. The number of aliphatic carboxylic acids is 1. The fraction of sp³-hybridized carbons (Fsp3) is 0.157. The van der Waals surface area contributed by atoms with E-state index in [9.17, 15) is 38.4 Å². The van der Waals surface area contributed by atoms with E-state index < -0.39 is 30.9 Å². The Balaban J connectivity index is 0.000000211. The van der Waals surface area contributed by atoms with Crippen molar-refractivity contribution in [2.24, 2.45) is 17.2 Å². The Bertz CT molecular complexity index is 6130. The molecule has 31 nitrogen and oxygen atoms in total. The molecule has 15 rings (SSSR count). The number of furan rings is 4. The van der Waals surface area contributed by atoms with Crippen molar-refractivity contribution in [2.75, 3.05) is 41.5 Å². The number of ether oxygens (including phenoxy) is 3. The maximum absolute atomic E-state index is 13.0. The molecule has 0 saturated carbocycles. The molecule has 0 aliphatic carbocycles. The minimum atomic E-state index is -1.40. The Labute approximate surface area is 745 Å². The Morgan fingerprint density at radius 2 is 0.772 bits per heavy atom. The molecule has 15 aromatic rings. The molecule has 3 aromatic carbocycles. The molecule has 0 unspecified atom stereocenters. The predicted octanol–water partition coefficient (Wildman–Crippen LogP) is 11.9. The number of amides is 3. The first-order valence-corrected chi connectivity index (χ1v) is 40.8. The van der Waals surface area contributed by atoms with E-state index >= 15 is 0 Å². The number of esters is 3. The van der Waals surface area contributed by atoms with Gasteiger partial charge in [0.2, 0.25) is 0 Å². The van der Waals surface area contributed by atoms with Crippen LogP contribution in [0, 0.1) is 0 Å². The van der Waals surface area contributed by atoms with Gasteiger partial charge in [0.25, 0.3) is 17.7 Å². The number of carbonyl (C=O) groups excluding carboxylic acids is 6. The summed E-state index contributed by atoms with van der Waals surface area (Å²) >= 11 is 17.3. The van der Waals surface area contributed by atoms with Crippen molar-refractivity contribution in [1.29, 1.82) is 0 Å². The molecule has 12 heterocycles. The first kappa shape index (κ1) is 98.2. The van der Waals surface area contributed by atoms with Gasteiger partial charge in [-0.2, -0.15) is 0 Å². The van der Waals surface area contributed by atoms with Gasteiger partial charge in [-0.05, 0) is 147 Å². The third-order valence-corrected chi connectivity index (χ3v) is 20.6. The summed E-state index contributed by atoms with van der Waals surface area (Å²) < 4.78 is 36.1. The van der Waals surface area contributed by atoms with Gasteiger partial charge in [-0.15, -0.1) is 57.8 Å². The largest absolute Gasteiger partial charge is 1.00 e. The van der Waals surface area contributed by atoms with Crippen LogP contribution >= 0.6 is 81.0 Å². The molecule has 0 aliphatic rings. The van der Waals surface area contributed by atoms with E-state index in [2.05, 4.69) is 35.9 Å². The molecule has 40 heteroatoms. The van der Waals surface area contributed by atoms with Gasteiger partial charge in [-0.25, -0.2) is 24.7 Å². The summed E-state index contributed by atoms with van der Waals surface area (Å²) in [5.74, 6) is -4.17. The van der Waals surface area contributed by atoms with Crippen LogP contribution in [0.4, 0.5) is 22.7 Å². The number of carboxylic acids is 2. The van der Waals surface area contributed by atoms with E-state index in [0.717, 1.165) is 44.2 Å². The van der Waals surface area contributed by atoms with Crippen molar-refractivity contribution in [1.82, 2.24) is 19.9 Å². The van der Waals surface area contributed by atoms with Gasteiger partial charge in [-0.3, -0.25) is 33.6 Å². The van der Waals surface area contributed by atoms with Gasteiger partial charge < -0.3 is 96.5 Å². The number of carbonyl (C=O) groups is 8. The average Bonchev–Trinajstić information content (AvgIpc) is 1.72. The number of hydrogen-bond acceptors (Lipinski definition) is 30. The molecule has 3 amide bonds. The number of thiophene rings is 4. The number of nitrogens with two attached hydrogens (primary N) is 4. The number of carboxylic acid groups (broad SMARTS) is 2. The van der Waals surface area contributed by atoms with Crippen molar-refractivity contribution >= 4 is 208 Å². The number of aromatic carboxylic acids is 1. The normalized spacial score (nSPS) is 10.4. The number of rotatable bonds is 24. The maximum Gasteiger partial charge on any atom is 1.00 e. The van der Waals surface area contributed by atoms with Crippen molar-refractivity contribution in [2.45, 2.75) is 66.1 Å². The second-order valence-electron chi connectivity index (χ2n) is 25.3. The van der Waals surface area contributed by atoms with Crippen LogP contribution in [0.3, 0.4) is 0 Å². The van der Waals surface area contributed by atoms with E-state index in [-0.39, 0.29) is 119 Å². The Hall–Kier alpha value is -11.9. The number of fused-ring (bicyclic) bond motifs is 4. The topological polar surface area (TPSA) is 519 Å². The molecule has 123 heavy (non-hydrogen) atoms. The number of aromatic nitrogens is 4. The molecule has 12 aromatic heterocycles. The Morgan fingerprint density at radius 1 is 0.439 bits per heavy atom. The molecule has 0 aliphatic heterocycles. The molecule has 0 bridgehead atoms. The fourth-order valence-electron chi connectivity index (χ4n) is 11.3. The van der Waals surface area contributed by atoms with Gasteiger partial charge in [0.15, 0.2) is 38.3 Å². The van der Waals surface area contributed by atoms with Crippen LogP contribution in [0.2, 0.25) is 10.3 Å². The first-order valence-electron chi connectivity index (χ1n) is 36.3. The van der Waals surface area contributed by atoms with Crippen LogP contribution < -0.4 is 63.2 Å². The zero-order valence-electron chi connectivity index (χ0n) is 65.9. The minimum absolute atomic E-state index is 0. The number of nitrogens with one attached hydrogen (secondary N) is 3. The van der Waals surface area contributed by atoms with Crippen molar-refractivity contribution in [3.63, 3.8) is 0 Å². The second kappa shape index (κ2) is 48.1. The van der Waals surface area contributed by atoms with Gasteiger partial charge in [0, 0.05) is 79.5 Å². The standard InChI is InChI=1S/C23H21N3O4S.C21H17N3O4S.C16H13ClN2O4S.C8H4ClNO3.C8H11NO2S.C7H10BNO2.ClH.Li.H2O/c1-2-29-20(27)10-17-12-31-13-19(17)26-23(28)18-9-16-6-7-30-22(16)21(25-18)15-5-3-4-14(8-15)11-24;22-9-12-2-1-3-13(6-12)19-20-14(4-5-28-20)7-16(23-19)21(27)24-17-11-29-10-15(17)8-18(25)26;1-2-22-13(20)6-10-7-24-8-12(10)19-16(21)11-5-9-3-4-23-14(9)15(17)18-11;9-7-6-4(1-2-13-6)3-5(10-7)8(11)12;1-2-11-8(10)3-6-4-12-5-7(6)9;9-5-6-2-1-3-7(4-6)8(10)11;;;/h3-9,12-13H,2,10-11,24H2,1H3,(H,26,28);1-7,10-11H,8-9,22H2,(H,24,27)(H,25,26);3-5,7-8H,2,6H2,1H3,(H,19,21);1-3H,(H,11,12);4-5H,2-3,9H2,1H3;1-4,10-11H,5,9H2;1H;;1H2/q;;;;;;;+1;/p-1. The van der Waals surface area contributed by atoms with Crippen LogP contribution in [0.25, 0.3) is 66.4 Å². The SMILES string of the molecule is CCOC(=O)Cc1cscc1N.CCOC(=O)Cc1cscc1NC(=O)c1cc2ccoc2c(-c2cccc(CN)c2)n1.CCOC(=O)Cc1cscc1NC(=O)c1cc2ccoc2c(Cl)n1.Cl.NCc1cccc(-c2nc(C(=O)Nc3cscc3CC(=O)O)cc3ccoc23)c1.NCc1cccc(B(O)O)c1.O=C(O)c1cc2ccoc2c(Cl)n1.[Li+].[OH-]. The molecular weight excluding hydrogens is 1720 g/mol. The molecule has 16 N–H and O–H groups in total. The smallest absolute Gasteiger partial charge is 0.870 e. The summed E-state index contributed by atoms with van der Waals surface area (Å²) in [4.78, 5) is 111. The summed E-state index contributed by atoms with van der Waals surface area (Å²) in [5.41, 5.74) is 36.1.